The van der Waals surface area contributed by atoms with E-state index in [1.807, 2.05) is 6.20 Å². The molecule has 1 fully saturated rings. The minimum Gasteiger partial charge on any atom is -0.345 e. The van der Waals surface area contributed by atoms with Gasteiger partial charge in [-0.3, -0.25) is 0 Å². The van der Waals surface area contributed by atoms with Crippen molar-refractivity contribution in [2.24, 2.45) is 5.92 Å². The van der Waals surface area contributed by atoms with Crippen LogP contribution in [0, 0.1) is 5.92 Å². The summed E-state index contributed by atoms with van der Waals surface area (Å²) in [6.45, 7) is 2.27. The lowest BCUT2D eigenvalue weighted by molar-refractivity contribution is 0.731. The first kappa shape index (κ1) is 7.55. The van der Waals surface area contributed by atoms with Crippen molar-refractivity contribution in [1.29, 1.82) is 0 Å². The minimum atomic E-state index is 0.702. The molecule has 1 aliphatic heterocycles. The number of rotatable bonds is 2. The second-order valence-electron chi connectivity index (χ2n) is 3.12. The van der Waals surface area contributed by atoms with Crippen LogP contribution in [0.4, 0.5) is 0 Å². The van der Waals surface area contributed by atoms with Crippen molar-refractivity contribution < 1.29 is 0 Å². The zero-order valence-corrected chi connectivity index (χ0v) is 6.96. The zero-order valence-electron chi connectivity index (χ0n) is 6.96. The van der Waals surface area contributed by atoms with Crippen LogP contribution < -0.4 is 5.32 Å². The maximum absolute atomic E-state index is 3.94. The van der Waals surface area contributed by atoms with Crippen molar-refractivity contribution >= 4 is 6.08 Å². The monoisotopic (exact) mass is 163 g/mol. The molecule has 1 atom stereocenters. The number of aromatic nitrogens is 2. The van der Waals surface area contributed by atoms with Crippen molar-refractivity contribution in [2.45, 2.75) is 6.42 Å². The lowest BCUT2D eigenvalue weighted by Crippen LogP contribution is -2.07. The van der Waals surface area contributed by atoms with Gasteiger partial charge in [0.15, 0.2) is 0 Å². The van der Waals surface area contributed by atoms with Gasteiger partial charge in [0, 0.05) is 6.54 Å². The zero-order chi connectivity index (χ0) is 8.23. The van der Waals surface area contributed by atoms with E-state index in [0.717, 1.165) is 18.8 Å². The van der Waals surface area contributed by atoms with E-state index in [9.17, 15) is 0 Å². The molecule has 1 saturated heterocycles. The SMILES string of the molecule is C(=C\[C@H]1CCNC1)/c1cnc[nH]1. The number of nitrogens with one attached hydrogen (secondary N) is 2. The van der Waals surface area contributed by atoms with Crippen LogP contribution in [0.2, 0.25) is 0 Å². The second-order valence-corrected chi connectivity index (χ2v) is 3.12. The van der Waals surface area contributed by atoms with Gasteiger partial charge in [-0.1, -0.05) is 6.08 Å². The molecule has 0 unspecified atom stereocenters. The summed E-state index contributed by atoms with van der Waals surface area (Å²) in [5.41, 5.74) is 1.09. The Morgan fingerprint density at radius 2 is 2.58 bits per heavy atom. The van der Waals surface area contributed by atoms with E-state index in [1.54, 1.807) is 6.33 Å². The Labute approximate surface area is 71.9 Å². The summed E-state index contributed by atoms with van der Waals surface area (Å²) in [6, 6.07) is 0. The normalized spacial score (nSPS) is 23.8. The van der Waals surface area contributed by atoms with Gasteiger partial charge in [-0.05, 0) is 25.0 Å². The van der Waals surface area contributed by atoms with Crippen LogP contribution in [0.3, 0.4) is 0 Å². The summed E-state index contributed by atoms with van der Waals surface area (Å²) >= 11 is 0. The average Bonchev–Trinajstić information content (AvgIpc) is 2.74. The molecule has 1 aliphatic rings. The fraction of sp³-hybridized carbons (Fsp3) is 0.444. The van der Waals surface area contributed by atoms with Gasteiger partial charge >= 0.3 is 0 Å². The largest absolute Gasteiger partial charge is 0.345 e. The van der Waals surface area contributed by atoms with Crippen molar-refractivity contribution in [2.75, 3.05) is 13.1 Å². The molecule has 64 valence electrons. The number of hydrogen-bond acceptors (Lipinski definition) is 2. The van der Waals surface area contributed by atoms with E-state index in [-0.39, 0.29) is 0 Å². The number of hydrogen-bond donors (Lipinski definition) is 2. The van der Waals surface area contributed by atoms with Gasteiger partial charge in [0.2, 0.25) is 0 Å². The van der Waals surface area contributed by atoms with E-state index in [2.05, 4.69) is 27.4 Å². The molecule has 0 aliphatic carbocycles. The van der Waals surface area contributed by atoms with Gasteiger partial charge < -0.3 is 10.3 Å². The molecule has 0 radical (unpaired) electrons. The summed E-state index contributed by atoms with van der Waals surface area (Å²) in [6.07, 6.45) is 9.13. The van der Waals surface area contributed by atoms with Gasteiger partial charge in [0.05, 0.1) is 18.2 Å². The predicted octanol–water partition coefficient (Wildman–Crippen LogP) is 1.03. The van der Waals surface area contributed by atoms with Crippen LogP contribution >= 0.6 is 0 Å². The Balaban J connectivity index is 1.93. The Morgan fingerprint density at radius 3 is 3.25 bits per heavy atom. The smallest absolute Gasteiger partial charge is 0.0924 e. The van der Waals surface area contributed by atoms with E-state index in [1.165, 1.54) is 6.42 Å². The van der Waals surface area contributed by atoms with Crippen molar-refractivity contribution in [1.82, 2.24) is 15.3 Å². The molecule has 12 heavy (non-hydrogen) atoms. The number of H-pyrrole nitrogens is 1. The molecule has 0 spiro atoms. The fourth-order valence-corrected chi connectivity index (χ4v) is 1.44. The third-order valence-electron chi connectivity index (χ3n) is 2.17. The Bertz CT molecular complexity index is 245. The summed E-state index contributed by atoms with van der Waals surface area (Å²) in [5, 5.41) is 3.33. The van der Waals surface area contributed by atoms with Crippen LogP contribution in [0.15, 0.2) is 18.6 Å². The third kappa shape index (κ3) is 1.74. The highest BCUT2D eigenvalue weighted by molar-refractivity contribution is 5.43. The summed E-state index contributed by atoms with van der Waals surface area (Å²) in [5.74, 6) is 0.702. The molecular formula is C9H13N3. The topological polar surface area (TPSA) is 40.7 Å². The predicted molar refractivity (Wildman–Crippen MR) is 48.6 cm³/mol. The Morgan fingerprint density at radius 1 is 1.58 bits per heavy atom. The fourth-order valence-electron chi connectivity index (χ4n) is 1.44. The van der Waals surface area contributed by atoms with Crippen molar-refractivity contribution in [3.8, 4) is 0 Å². The van der Waals surface area contributed by atoms with Gasteiger partial charge in [-0.15, -0.1) is 0 Å². The summed E-state index contributed by atoms with van der Waals surface area (Å²) in [7, 11) is 0. The summed E-state index contributed by atoms with van der Waals surface area (Å²) < 4.78 is 0. The third-order valence-corrected chi connectivity index (χ3v) is 2.17. The molecule has 3 nitrogen and oxygen atoms in total. The average molecular weight is 163 g/mol. The number of aromatic amines is 1. The molecule has 1 aromatic rings. The highest BCUT2D eigenvalue weighted by atomic mass is 14.9. The quantitative estimate of drug-likeness (QED) is 0.683. The van der Waals surface area contributed by atoms with Crippen molar-refractivity contribution in [3.63, 3.8) is 0 Å². The van der Waals surface area contributed by atoms with Crippen molar-refractivity contribution in [3.05, 3.63) is 24.3 Å². The molecule has 2 N–H and O–H groups in total. The molecule has 2 heterocycles. The first-order valence-corrected chi connectivity index (χ1v) is 4.32. The van der Waals surface area contributed by atoms with Crippen LogP contribution in [0.25, 0.3) is 6.08 Å². The number of imidazole rings is 1. The van der Waals surface area contributed by atoms with Crippen LogP contribution in [-0.2, 0) is 0 Å². The van der Waals surface area contributed by atoms with E-state index < -0.39 is 0 Å². The maximum Gasteiger partial charge on any atom is 0.0924 e. The van der Waals surface area contributed by atoms with Crippen LogP contribution in [0.5, 0.6) is 0 Å². The van der Waals surface area contributed by atoms with Gasteiger partial charge in [-0.2, -0.15) is 0 Å². The molecule has 1 aromatic heterocycles. The van der Waals surface area contributed by atoms with Crippen LogP contribution in [-0.4, -0.2) is 23.1 Å². The van der Waals surface area contributed by atoms with Crippen LogP contribution in [0.1, 0.15) is 12.1 Å². The van der Waals surface area contributed by atoms with Gasteiger partial charge in [0.25, 0.3) is 0 Å². The molecular weight excluding hydrogens is 150 g/mol. The first-order chi connectivity index (χ1) is 5.95. The summed E-state index contributed by atoms with van der Waals surface area (Å²) in [4.78, 5) is 6.99. The lowest BCUT2D eigenvalue weighted by Gasteiger charge is -1.97. The lowest BCUT2D eigenvalue weighted by atomic mass is 10.1. The Hall–Kier alpha value is -1.09. The molecule has 0 saturated carbocycles. The molecule has 0 amide bonds. The minimum absolute atomic E-state index is 0.702. The van der Waals surface area contributed by atoms with Gasteiger partial charge in [-0.25, -0.2) is 4.98 Å². The highest BCUT2D eigenvalue weighted by Gasteiger charge is 2.09. The molecule has 3 heteroatoms. The highest BCUT2D eigenvalue weighted by Crippen LogP contribution is 2.10. The standard InChI is InChI=1S/C9H13N3/c1(8-3-4-10-5-8)2-9-6-11-7-12-9/h1-2,6-8,10H,3-5H2,(H,11,12)/b2-1+/t8-/m0/s1. The first-order valence-electron chi connectivity index (χ1n) is 4.32. The maximum atomic E-state index is 3.94. The number of nitrogens with zero attached hydrogens (tertiary/aromatic N) is 1. The van der Waals surface area contributed by atoms with E-state index in [4.69, 9.17) is 0 Å². The molecule has 0 bridgehead atoms. The molecule has 2 rings (SSSR count). The van der Waals surface area contributed by atoms with E-state index in [0.29, 0.717) is 5.92 Å². The van der Waals surface area contributed by atoms with Gasteiger partial charge in [0.1, 0.15) is 0 Å². The Kier molecular flexibility index (Phi) is 2.23. The molecule has 0 aromatic carbocycles. The second kappa shape index (κ2) is 3.54. The van der Waals surface area contributed by atoms with E-state index >= 15 is 0 Å².